The second-order valence-corrected chi connectivity index (χ2v) is 6.43. The number of hydrogen-bond donors (Lipinski definition) is 1. The molecule has 1 saturated heterocycles. The Morgan fingerprint density at radius 1 is 1.15 bits per heavy atom. The molecule has 1 atom stereocenters. The van der Waals surface area contributed by atoms with Crippen LogP contribution >= 0.6 is 0 Å². The normalized spacial score (nSPS) is 17.5. The molecule has 0 radical (unpaired) electrons. The molecule has 7 heteroatoms. The fourth-order valence-electron chi connectivity index (χ4n) is 3.08. The molecule has 3 aromatic rings. The lowest BCUT2D eigenvalue weighted by Crippen LogP contribution is -2.34. The van der Waals surface area contributed by atoms with E-state index < -0.39 is 0 Å². The van der Waals surface area contributed by atoms with Gasteiger partial charge < -0.3 is 14.8 Å². The minimum Gasteiger partial charge on any atom is -0.376 e. The largest absolute Gasteiger partial charge is 0.376 e. The molecule has 1 aliphatic rings. The van der Waals surface area contributed by atoms with Crippen LogP contribution in [0.25, 0.3) is 11.0 Å². The van der Waals surface area contributed by atoms with Crippen molar-refractivity contribution in [2.45, 2.75) is 18.9 Å². The topological polar surface area (TPSA) is 74.1 Å². The second kappa shape index (κ2) is 7.80. The number of aromatic nitrogens is 4. The van der Waals surface area contributed by atoms with Crippen LogP contribution in [-0.4, -0.2) is 52.2 Å². The van der Waals surface area contributed by atoms with Gasteiger partial charge in [0.1, 0.15) is 11.6 Å². The van der Waals surface area contributed by atoms with Crippen LogP contribution in [-0.2, 0) is 29.4 Å². The molecule has 3 heterocycles. The molecule has 136 valence electrons. The molecule has 26 heavy (non-hydrogen) atoms. The first kappa shape index (κ1) is 16.9. The van der Waals surface area contributed by atoms with E-state index in [0.717, 1.165) is 35.5 Å². The molecule has 1 unspecified atom stereocenters. The van der Waals surface area contributed by atoms with Gasteiger partial charge in [-0.1, -0.05) is 30.3 Å². The molecule has 1 aromatic carbocycles. The van der Waals surface area contributed by atoms with E-state index >= 15 is 0 Å². The van der Waals surface area contributed by atoms with E-state index in [0.29, 0.717) is 26.4 Å². The Labute approximate surface area is 152 Å². The van der Waals surface area contributed by atoms with Gasteiger partial charge in [0.15, 0.2) is 5.65 Å². The third-order valence-corrected chi connectivity index (χ3v) is 4.50. The summed E-state index contributed by atoms with van der Waals surface area (Å²) in [5, 5.41) is 8.65. The minimum absolute atomic E-state index is 0.0400. The van der Waals surface area contributed by atoms with Crippen molar-refractivity contribution < 1.29 is 9.47 Å². The number of nitrogens with one attached hydrogen (secondary N) is 1. The maximum atomic E-state index is 5.70. The Kier molecular flexibility index (Phi) is 5.08. The standard InChI is InChI=1S/C19H23N5O2/c1-24-19-16(12-21-24)18(20-11-15-13-25-9-10-26-15)22-17(23-19)8-7-14-5-3-2-4-6-14/h2-6,12,15H,7-11,13H2,1H3,(H,20,22,23). The number of nitrogens with zero attached hydrogens (tertiary/aromatic N) is 4. The zero-order valence-corrected chi connectivity index (χ0v) is 14.9. The SMILES string of the molecule is Cn1ncc2c(NCC3COCCO3)nc(CCc3ccccc3)nc21. The molecule has 0 aliphatic carbocycles. The van der Waals surface area contributed by atoms with Crippen molar-refractivity contribution in [1.29, 1.82) is 0 Å². The first-order valence-corrected chi connectivity index (χ1v) is 8.95. The van der Waals surface area contributed by atoms with Crippen LogP contribution in [0.15, 0.2) is 36.5 Å². The predicted molar refractivity (Wildman–Crippen MR) is 99.2 cm³/mol. The van der Waals surface area contributed by atoms with Crippen LogP contribution in [0.2, 0.25) is 0 Å². The number of aryl methyl sites for hydroxylation is 3. The first-order valence-electron chi connectivity index (χ1n) is 8.95. The van der Waals surface area contributed by atoms with Crippen molar-refractivity contribution in [3.8, 4) is 0 Å². The van der Waals surface area contributed by atoms with E-state index in [1.54, 1.807) is 10.9 Å². The van der Waals surface area contributed by atoms with Gasteiger partial charge in [0.25, 0.3) is 0 Å². The molecule has 1 N–H and O–H groups in total. The van der Waals surface area contributed by atoms with E-state index in [4.69, 9.17) is 19.4 Å². The molecule has 1 aliphatic heterocycles. The van der Waals surface area contributed by atoms with Crippen molar-refractivity contribution >= 4 is 16.9 Å². The maximum Gasteiger partial charge on any atom is 0.163 e. The van der Waals surface area contributed by atoms with Crippen LogP contribution in [0.1, 0.15) is 11.4 Å². The lowest BCUT2D eigenvalue weighted by Gasteiger charge is -2.23. The summed E-state index contributed by atoms with van der Waals surface area (Å²) < 4.78 is 12.9. The molecule has 0 saturated carbocycles. The van der Waals surface area contributed by atoms with E-state index in [-0.39, 0.29) is 6.10 Å². The van der Waals surface area contributed by atoms with Crippen LogP contribution in [0.5, 0.6) is 0 Å². The van der Waals surface area contributed by atoms with Gasteiger partial charge in [0.2, 0.25) is 0 Å². The lowest BCUT2D eigenvalue weighted by atomic mass is 10.1. The highest BCUT2D eigenvalue weighted by molar-refractivity contribution is 5.86. The quantitative estimate of drug-likeness (QED) is 0.730. The highest BCUT2D eigenvalue weighted by atomic mass is 16.6. The van der Waals surface area contributed by atoms with Crippen molar-refractivity contribution in [3.05, 3.63) is 47.9 Å². The Balaban J connectivity index is 1.52. The summed E-state index contributed by atoms with van der Waals surface area (Å²) in [6, 6.07) is 10.4. The number of ether oxygens (including phenoxy) is 2. The van der Waals surface area contributed by atoms with Crippen molar-refractivity contribution in [3.63, 3.8) is 0 Å². The van der Waals surface area contributed by atoms with Gasteiger partial charge in [0.05, 0.1) is 37.5 Å². The van der Waals surface area contributed by atoms with Gasteiger partial charge in [-0.3, -0.25) is 4.68 Å². The molecule has 0 spiro atoms. The monoisotopic (exact) mass is 353 g/mol. The summed E-state index contributed by atoms with van der Waals surface area (Å²) in [7, 11) is 1.90. The molecule has 0 bridgehead atoms. The summed E-state index contributed by atoms with van der Waals surface area (Å²) in [5.74, 6) is 1.62. The van der Waals surface area contributed by atoms with E-state index in [2.05, 4.69) is 34.7 Å². The number of rotatable bonds is 6. The second-order valence-electron chi connectivity index (χ2n) is 6.43. The third kappa shape index (κ3) is 3.84. The molecule has 2 aromatic heterocycles. The highest BCUT2D eigenvalue weighted by Crippen LogP contribution is 2.20. The Hall–Kier alpha value is -2.51. The number of benzene rings is 1. The van der Waals surface area contributed by atoms with E-state index in [1.807, 2.05) is 13.1 Å². The van der Waals surface area contributed by atoms with Crippen molar-refractivity contribution in [2.24, 2.45) is 7.05 Å². The summed E-state index contributed by atoms with van der Waals surface area (Å²) in [5.41, 5.74) is 2.12. The van der Waals surface area contributed by atoms with Crippen molar-refractivity contribution in [1.82, 2.24) is 19.7 Å². The average molecular weight is 353 g/mol. The highest BCUT2D eigenvalue weighted by Gasteiger charge is 2.16. The molecular weight excluding hydrogens is 330 g/mol. The Bertz CT molecular complexity index is 859. The zero-order chi connectivity index (χ0) is 17.8. The molecule has 7 nitrogen and oxygen atoms in total. The van der Waals surface area contributed by atoms with Crippen molar-refractivity contribution in [2.75, 3.05) is 31.7 Å². The van der Waals surface area contributed by atoms with Gasteiger partial charge in [-0.05, 0) is 12.0 Å². The summed E-state index contributed by atoms with van der Waals surface area (Å²) >= 11 is 0. The zero-order valence-electron chi connectivity index (χ0n) is 14.9. The van der Waals surface area contributed by atoms with Gasteiger partial charge in [-0.15, -0.1) is 0 Å². The van der Waals surface area contributed by atoms with Gasteiger partial charge in [-0.2, -0.15) is 5.10 Å². The fraction of sp³-hybridized carbons (Fsp3) is 0.421. The van der Waals surface area contributed by atoms with Gasteiger partial charge in [0, 0.05) is 20.0 Å². The van der Waals surface area contributed by atoms with Crippen LogP contribution in [0, 0.1) is 0 Å². The lowest BCUT2D eigenvalue weighted by molar-refractivity contribution is -0.0819. The van der Waals surface area contributed by atoms with Gasteiger partial charge in [-0.25, -0.2) is 9.97 Å². The molecular formula is C19H23N5O2. The average Bonchev–Trinajstić information content (AvgIpc) is 3.07. The van der Waals surface area contributed by atoms with Crippen LogP contribution in [0.3, 0.4) is 0 Å². The number of anilines is 1. The van der Waals surface area contributed by atoms with Crippen LogP contribution in [0.4, 0.5) is 5.82 Å². The van der Waals surface area contributed by atoms with E-state index in [1.165, 1.54) is 5.56 Å². The predicted octanol–water partition coefficient (Wildman–Crippen LogP) is 1.98. The molecule has 1 fully saturated rings. The summed E-state index contributed by atoms with van der Waals surface area (Å²) in [4.78, 5) is 9.44. The minimum atomic E-state index is 0.0400. The summed E-state index contributed by atoms with van der Waals surface area (Å²) in [6.45, 7) is 2.56. The Morgan fingerprint density at radius 2 is 2.04 bits per heavy atom. The summed E-state index contributed by atoms with van der Waals surface area (Å²) in [6.07, 6.45) is 3.53. The number of fused-ring (bicyclic) bond motifs is 1. The van der Waals surface area contributed by atoms with E-state index in [9.17, 15) is 0 Å². The third-order valence-electron chi connectivity index (χ3n) is 4.50. The number of hydrogen-bond acceptors (Lipinski definition) is 6. The molecule has 0 amide bonds. The maximum absolute atomic E-state index is 5.70. The molecule has 4 rings (SSSR count). The fourth-order valence-corrected chi connectivity index (χ4v) is 3.08. The van der Waals surface area contributed by atoms with Crippen LogP contribution < -0.4 is 5.32 Å². The first-order chi connectivity index (χ1) is 12.8. The smallest absolute Gasteiger partial charge is 0.163 e. The Morgan fingerprint density at radius 3 is 2.85 bits per heavy atom. The van der Waals surface area contributed by atoms with Gasteiger partial charge >= 0.3 is 0 Å².